The Morgan fingerprint density at radius 3 is 2.00 bits per heavy atom. The lowest BCUT2D eigenvalue weighted by molar-refractivity contribution is -0.209. The maximum Gasteiger partial charge on any atom is 0.443 e. The highest BCUT2D eigenvalue weighted by Gasteiger charge is 2.64. The standard InChI is InChI=1S/C12H13F4NO2S/c1-17(2)8-4-6-9(7-5-8)20-11(13,10(18)19-3)12(14,15)16/h4-7H,1-3H3/t11-/m0/s1. The average Bonchev–Trinajstić information content (AvgIpc) is 2.36. The maximum absolute atomic E-state index is 14.0. The summed E-state index contributed by atoms with van der Waals surface area (Å²) >= 11 is -0.234. The highest BCUT2D eigenvalue weighted by Crippen LogP contribution is 2.47. The summed E-state index contributed by atoms with van der Waals surface area (Å²) in [6.07, 6.45) is -5.37. The number of hydrogen-bond acceptors (Lipinski definition) is 4. The van der Waals surface area contributed by atoms with E-state index in [4.69, 9.17) is 0 Å². The zero-order chi connectivity index (χ0) is 15.6. The zero-order valence-corrected chi connectivity index (χ0v) is 11.8. The first kappa shape index (κ1) is 16.6. The van der Waals surface area contributed by atoms with Gasteiger partial charge in [0.1, 0.15) is 0 Å². The Labute approximate surface area is 117 Å². The summed E-state index contributed by atoms with van der Waals surface area (Å²) in [6, 6.07) is 5.67. The van der Waals surface area contributed by atoms with Crippen LogP contribution in [0, 0.1) is 0 Å². The van der Waals surface area contributed by atoms with Crippen molar-refractivity contribution < 1.29 is 27.1 Å². The number of carbonyl (C=O) groups is 1. The number of methoxy groups -OCH3 is 1. The van der Waals surface area contributed by atoms with Crippen molar-refractivity contribution in [2.75, 3.05) is 26.1 Å². The van der Waals surface area contributed by atoms with E-state index in [1.54, 1.807) is 19.0 Å². The van der Waals surface area contributed by atoms with Crippen LogP contribution >= 0.6 is 11.8 Å². The summed E-state index contributed by atoms with van der Waals surface area (Å²) < 4.78 is 56.1. The lowest BCUT2D eigenvalue weighted by Gasteiger charge is -2.24. The zero-order valence-electron chi connectivity index (χ0n) is 11.0. The maximum atomic E-state index is 14.0. The molecule has 1 aromatic carbocycles. The highest BCUT2D eigenvalue weighted by molar-refractivity contribution is 8.01. The van der Waals surface area contributed by atoms with Gasteiger partial charge in [-0.25, -0.2) is 9.18 Å². The molecule has 0 aliphatic heterocycles. The third-order valence-electron chi connectivity index (χ3n) is 2.42. The smallest absolute Gasteiger partial charge is 0.443 e. The van der Waals surface area contributed by atoms with E-state index in [-0.39, 0.29) is 16.7 Å². The lowest BCUT2D eigenvalue weighted by Crippen LogP contribution is -2.45. The van der Waals surface area contributed by atoms with E-state index < -0.39 is 17.1 Å². The molecular formula is C12H13F4NO2S. The van der Waals surface area contributed by atoms with Crippen LogP contribution in [0.15, 0.2) is 29.2 Å². The van der Waals surface area contributed by atoms with Crippen LogP contribution in [0.4, 0.5) is 23.2 Å². The number of nitrogens with zero attached hydrogens (tertiary/aromatic N) is 1. The third kappa shape index (κ3) is 3.36. The Hall–Kier alpha value is -1.44. The molecule has 1 aromatic rings. The molecule has 1 rings (SSSR count). The minimum Gasteiger partial charge on any atom is -0.466 e. The molecule has 0 amide bonds. The number of ether oxygens (including phenoxy) is 1. The molecule has 0 bridgehead atoms. The van der Waals surface area contributed by atoms with Gasteiger partial charge in [-0.05, 0) is 24.3 Å². The lowest BCUT2D eigenvalue weighted by atomic mass is 10.3. The van der Waals surface area contributed by atoms with Gasteiger partial charge < -0.3 is 9.64 Å². The van der Waals surface area contributed by atoms with Crippen molar-refractivity contribution >= 4 is 23.4 Å². The summed E-state index contributed by atoms with van der Waals surface area (Å²) in [5.74, 6) is -1.98. The number of esters is 1. The molecular weight excluding hydrogens is 298 g/mol. The molecule has 3 nitrogen and oxygen atoms in total. The molecule has 0 saturated heterocycles. The predicted molar refractivity (Wildman–Crippen MR) is 68.5 cm³/mol. The molecule has 112 valence electrons. The van der Waals surface area contributed by atoms with Crippen LogP contribution in [0.2, 0.25) is 0 Å². The molecule has 0 spiro atoms. The van der Waals surface area contributed by atoms with Gasteiger partial charge in [-0.2, -0.15) is 13.2 Å². The Morgan fingerprint density at radius 2 is 1.65 bits per heavy atom. The molecule has 0 aromatic heterocycles. The van der Waals surface area contributed by atoms with Crippen molar-refractivity contribution in [1.29, 1.82) is 0 Å². The van der Waals surface area contributed by atoms with Crippen molar-refractivity contribution in [3.8, 4) is 0 Å². The minimum absolute atomic E-state index is 0.0270. The largest absolute Gasteiger partial charge is 0.466 e. The van der Waals surface area contributed by atoms with Gasteiger partial charge in [-0.1, -0.05) is 11.8 Å². The fraction of sp³-hybridized carbons (Fsp3) is 0.417. The van der Waals surface area contributed by atoms with Gasteiger partial charge in [0, 0.05) is 24.7 Å². The topological polar surface area (TPSA) is 29.5 Å². The second-order valence-electron chi connectivity index (χ2n) is 4.07. The van der Waals surface area contributed by atoms with E-state index in [0.717, 1.165) is 5.69 Å². The quantitative estimate of drug-likeness (QED) is 0.485. The molecule has 0 fully saturated rings. The molecule has 0 aliphatic rings. The van der Waals surface area contributed by atoms with E-state index >= 15 is 0 Å². The van der Waals surface area contributed by atoms with E-state index in [2.05, 4.69) is 4.74 Å². The molecule has 0 unspecified atom stereocenters. The molecule has 0 radical (unpaired) electrons. The van der Waals surface area contributed by atoms with Crippen LogP contribution in [0.5, 0.6) is 0 Å². The molecule has 1 atom stereocenters. The average molecular weight is 311 g/mol. The van der Waals surface area contributed by atoms with Gasteiger partial charge in [0.25, 0.3) is 0 Å². The fourth-order valence-electron chi connectivity index (χ4n) is 1.32. The second-order valence-corrected chi connectivity index (χ2v) is 5.31. The Kier molecular flexibility index (Phi) is 4.90. The summed E-state index contributed by atoms with van der Waals surface area (Å²) in [5.41, 5.74) is 0.740. The van der Waals surface area contributed by atoms with Gasteiger partial charge in [0.2, 0.25) is 0 Å². The second kappa shape index (κ2) is 5.90. The number of benzene rings is 1. The highest BCUT2D eigenvalue weighted by atomic mass is 32.2. The number of anilines is 1. The van der Waals surface area contributed by atoms with E-state index in [0.29, 0.717) is 7.11 Å². The van der Waals surface area contributed by atoms with Crippen LogP contribution in [0.3, 0.4) is 0 Å². The van der Waals surface area contributed by atoms with Crippen LogP contribution in [-0.4, -0.2) is 38.4 Å². The van der Waals surface area contributed by atoms with Gasteiger partial charge in [0.05, 0.1) is 7.11 Å². The first-order valence-electron chi connectivity index (χ1n) is 5.42. The van der Waals surface area contributed by atoms with Crippen molar-refractivity contribution in [2.45, 2.75) is 16.1 Å². The summed E-state index contributed by atoms with van der Waals surface area (Å²) in [4.78, 5) is 12.8. The number of hydrogen-bond donors (Lipinski definition) is 0. The van der Waals surface area contributed by atoms with Gasteiger partial charge in [-0.15, -0.1) is 0 Å². The number of alkyl halides is 4. The summed E-state index contributed by atoms with van der Waals surface area (Å²) in [7, 11) is 4.22. The fourth-order valence-corrected chi connectivity index (χ4v) is 2.20. The first-order valence-corrected chi connectivity index (χ1v) is 6.24. The molecule has 0 saturated carbocycles. The van der Waals surface area contributed by atoms with Gasteiger partial charge in [-0.3, -0.25) is 0 Å². The van der Waals surface area contributed by atoms with E-state index in [9.17, 15) is 22.4 Å². The van der Waals surface area contributed by atoms with Crippen LogP contribution in [-0.2, 0) is 9.53 Å². The Balaban J connectivity index is 3.05. The Bertz CT molecular complexity index is 475. The van der Waals surface area contributed by atoms with Crippen molar-refractivity contribution in [3.63, 3.8) is 0 Å². The summed E-state index contributed by atoms with van der Waals surface area (Å²) in [6.45, 7) is 0. The van der Waals surface area contributed by atoms with Crippen LogP contribution in [0.1, 0.15) is 0 Å². The van der Waals surface area contributed by atoms with Gasteiger partial charge >= 0.3 is 17.1 Å². The minimum atomic E-state index is -5.37. The third-order valence-corrected chi connectivity index (χ3v) is 3.61. The molecule has 0 aliphatic carbocycles. The predicted octanol–water partition coefficient (Wildman–Crippen LogP) is 3.25. The van der Waals surface area contributed by atoms with Crippen LogP contribution in [0.25, 0.3) is 0 Å². The molecule has 0 N–H and O–H groups in total. The number of thioether (sulfide) groups is 1. The van der Waals surface area contributed by atoms with E-state index in [1.807, 2.05) is 0 Å². The Morgan fingerprint density at radius 1 is 1.15 bits per heavy atom. The molecule has 8 heteroatoms. The monoisotopic (exact) mass is 311 g/mol. The van der Waals surface area contributed by atoms with Crippen molar-refractivity contribution in [3.05, 3.63) is 24.3 Å². The number of rotatable bonds is 4. The number of carbonyl (C=O) groups excluding carboxylic acids is 1. The van der Waals surface area contributed by atoms with Crippen molar-refractivity contribution in [2.24, 2.45) is 0 Å². The van der Waals surface area contributed by atoms with E-state index in [1.165, 1.54) is 24.3 Å². The SMILES string of the molecule is COC(=O)[C@](F)(Sc1ccc(N(C)C)cc1)C(F)(F)F. The first-order chi connectivity index (χ1) is 9.11. The molecule has 20 heavy (non-hydrogen) atoms. The van der Waals surface area contributed by atoms with Gasteiger partial charge in [0.15, 0.2) is 0 Å². The number of halogens is 4. The normalized spacial score (nSPS) is 14.6. The molecule has 0 heterocycles. The van der Waals surface area contributed by atoms with Crippen molar-refractivity contribution in [1.82, 2.24) is 0 Å². The van der Waals surface area contributed by atoms with Crippen LogP contribution < -0.4 is 4.90 Å². The summed E-state index contributed by atoms with van der Waals surface area (Å²) in [5, 5.41) is -4.12.